The van der Waals surface area contributed by atoms with E-state index in [0.717, 1.165) is 103 Å². The van der Waals surface area contributed by atoms with Crippen molar-refractivity contribution in [2.75, 3.05) is 49.3 Å². The van der Waals surface area contributed by atoms with Crippen molar-refractivity contribution >= 4 is 29.5 Å². The molecule has 0 aliphatic heterocycles. The molecule has 4 unspecified atom stereocenters. The molecule has 0 saturated carbocycles. The minimum atomic E-state index is -2.96. The van der Waals surface area contributed by atoms with E-state index in [4.69, 9.17) is 0 Å². The molecule has 0 aromatic heterocycles. The molecule has 45 heavy (non-hydrogen) atoms. The molecule has 0 radical (unpaired) electrons. The van der Waals surface area contributed by atoms with Gasteiger partial charge in [-0.2, -0.15) is 0 Å². The third kappa shape index (κ3) is 50.0. The molecule has 0 aromatic carbocycles. The van der Waals surface area contributed by atoms with Gasteiger partial charge in [-0.3, -0.25) is 0 Å². The largest absolute Gasteiger partial charge is 4.00 e. The predicted octanol–water partition coefficient (Wildman–Crippen LogP) is 8.90. The molecule has 0 aromatic rings. The summed E-state index contributed by atoms with van der Waals surface area (Å²) < 4.78 is 44.0. The summed E-state index contributed by atoms with van der Waals surface area (Å²) in [7, 11) is -11.9. The minimum absolute atomic E-state index is 0. The maximum Gasteiger partial charge on any atom is 4.00 e. The number of hydrogen-bond acceptors (Lipinski definition) is 8. The molecule has 0 aliphatic rings. The molecule has 0 fully saturated rings. The number of rotatable bonds is 24. The van der Waals surface area contributed by atoms with E-state index >= 15 is 0 Å². The Hall–Kier alpha value is 1.47. The van der Waals surface area contributed by atoms with Crippen LogP contribution in [0.1, 0.15) is 158 Å². The zero-order valence-electron chi connectivity index (χ0n) is 30.5. The Morgan fingerprint density at radius 1 is 0.311 bits per heavy atom. The van der Waals surface area contributed by atoms with E-state index in [1.807, 2.05) is 0 Å². The van der Waals surface area contributed by atoms with E-state index in [1.165, 1.54) is 0 Å². The van der Waals surface area contributed by atoms with Crippen molar-refractivity contribution in [3.05, 3.63) is 0 Å². The number of unbranched alkanes of at least 4 members (excludes halogenated alkanes) is 12. The molecule has 0 spiro atoms. The van der Waals surface area contributed by atoms with Gasteiger partial charge < -0.3 is 37.8 Å². The Morgan fingerprint density at radius 2 is 0.467 bits per heavy atom. The first-order chi connectivity index (χ1) is 20.5. The molecular formula is C32H72O8P4Ti. The van der Waals surface area contributed by atoms with E-state index in [9.17, 15) is 37.8 Å². The van der Waals surface area contributed by atoms with Crippen molar-refractivity contribution in [3.8, 4) is 0 Å². The van der Waals surface area contributed by atoms with Crippen molar-refractivity contribution in [2.45, 2.75) is 158 Å². The van der Waals surface area contributed by atoms with Gasteiger partial charge in [0.1, 0.15) is 0 Å². The van der Waals surface area contributed by atoms with Crippen LogP contribution in [0.2, 0.25) is 0 Å². The van der Waals surface area contributed by atoms with Gasteiger partial charge in [0.15, 0.2) is 0 Å². The van der Waals surface area contributed by atoms with E-state index in [0.29, 0.717) is 49.3 Å². The van der Waals surface area contributed by atoms with Crippen LogP contribution in [0.15, 0.2) is 0 Å². The van der Waals surface area contributed by atoms with Crippen LogP contribution in [-0.4, -0.2) is 49.3 Å². The van der Waals surface area contributed by atoms with Crippen LogP contribution >= 0.6 is 29.5 Å². The third-order valence-corrected chi connectivity index (χ3v) is 15.2. The van der Waals surface area contributed by atoms with Crippen LogP contribution in [0.5, 0.6) is 0 Å². The molecular weight excluding hydrogens is 684 g/mol. The zero-order chi connectivity index (χ0) is 35.0. The van der Waals surface area contributed by atoms with Crippen molar-refractivity contribution < 1.29 is 59.6 Å². The van der Waals surface area contributed by atoms with Gasteiger partial charge in [-0.1, -0.05) is 132 Å². The van der Waals surface area contributed by atoms with Gasteiger partial charge in [0.25, 0.3) is 0 Å². The molecule has 0 rings (SSSR count). The molecule has 0 N–H and O–H groups in total. The molecule has 0 saturated heterocycles. The molecule has 13 heteroatoms. The molecule has 0 heterocycles. The summed E-state index contributed by atoms with van der Waals surface area (Å²) in [6, 6.07) is 0. The summed E-state index contributed by atoms with van der Waals surface area (Å²) in [5.74, 6) is 0. The molecule has 8 nitrogen and oxygen atoms in total. The first-order valence-corrected chi connectivity index (χ1v) is 25.6. The fourth-order valence-electron chi connectivity index (χ4n) is 3.75. The summed E-state index contributed by atoms with van der Waals surface area (Å²) in [5, 5.41) is 0. The first-order valence-electron chi connectivity index (χ1n) is 17.6. The molecule has 4 atom stereocenters. The van der Waals surface area contributed by atoms with Gasteiger partial charge in [0.2, 0.25) is 0 Å². The van der Waals surface area contributed by atoms with Gasteiger partial charge in [-0.15, -0.1) is 0 Å². The summed E-state index contributed by atoms with van der Waals surface area (Å²) >= 11 is 0. The van der Waals surface area contributed by atoms with Crippen LogP contribution in [-0.2, 0) is 40.0 Å². The van der Waals surface area contributed by atoms with Crippen molar-refractivity contribution in [3.63, 3.8) is 0 Å². The van der Waals surface area contributed by atoms with Crippen LogP contribution in [0.4, 0.5) is 0 Å². The molecule has 0 aliphatic carbocycles. The van der Waals surface area contributed by atoms with Gasteiger partial charge in [0, 0.05) is 29.5 Å². The maximum atomic E-state index is 11.0. The summed E-state index contributed by atoms with van der Waals surface area (Å²) in [5.41, 5.74) is 0. The van der Waals surface area contributed by atoms with E-state index in [1.54, 1.807) is 27.7 Å². The molecule has 0 amide bonds. The quantitative estimate of drug-likeness (QED) is 0.0536. The van der Waals surface area contributed by atoms with E-state index in [2.05, 4.69) is 27.7 Å². The Bertz CT molecular complexity index is 671. The average molecular weight is 757 g/mol. The first kappa shape index (κ1) is 55.9. The van der Waals surface area contributed by atoms with Gasteiger partial charge in [-0.25, -0.2) is 0 Å². The van der Waals surface area contributed by atoms with E-state index < -0.39 is 29.5 Å². The smallest absolute Gasteiger partial charge is 0.799 e. The van der Waals surface area contributed by atoms with Crippen molar-refractivity contribution in [1.82, 2.24) is 0 Å². The predicted molar refractivity (Wildman–Crippen MR) is 189 cm³/mol. The summed E-state index contributed by atoms with van der Waals surface area (Å²) in [6.07, 6.45) is 19.8. The summed E-state index contributed by atoms with van der Waals surface area (Å²) in [6.45, 7) is 15.4. The molecule has 0 bridgehead atoms. The SMILES string of the molecule is CCCCCCP(=O)([O-])CC.CCCCCCP(=O)([O-])CC.CCCCCCP(=O)([O-])CC.CCCCCCP(=O)([O-])CC.[Ti+4]. The van der Waals surface area contributed by atoms with Gasteiger partial charge in [-0.05, 0) is 75.0 Å². The fourth-order valence-corrected chi connectivity index (χ4v) is 7.84. The Labute approximate surface area is 295 Å². The Morgan fingerprint density at radius 3 is 0.578 bits per heavy atom. The van der Waals surface area contributed by atoms with Crippen LogP contribution < -0.4 is 19.6 Å². The maximum absolute atomic E-state index is 11.0. The zero-order valence-corrected chi connectivity index (χ0v) is 35.7. The third-order valence-electron chi connectivity index (χ3n) is 7.34. The van der Waals surface area contributed by atoms with E-state index in [-0.39, 0.29) is 21.7 Å². The normalized spacial score (nSPS) is 15.9. The van der Waals surface area contributed by atoms with Crippen LogP contribution in [0.25, 0.3) is 0 Å². The van der Waals surface area contributed by atoms with Crippen LogP contribution in [0.3, 0.4) is 0 Å². The van der Waals surface area contributed by atoms with Gasteiger partial charge >= 0.3 is 21.7 Å². The second kappa shape index (κ2) is 36.7. The monoisotopic (exact) mass is 756 g/mol. The Kier molecular flexibility index (Phi) is 45.6. The minimum Gasteiger partial charge on any atom is -0.799 e. The topological polar surface area (TPSA) is 161 Å². The second-order valence-electron chi connectivity index (χ2n) is 11.7. The summed E-state index contributed by atoms with van der Waals surface area (Å²) in [4.78, 5) is 44.0. The standard InChI is InChI=1S/4C8H19O2P.Ti/c4*1-3-5-6-7-8-11(9,10)4-2;/h4*3-8H2,1-2H3,(H,9,10);/q;;;;+4/p-4. The van der Waals surface area contributed by atoms with Crippen molar-refractivity contribution in [2.24, 2.45) is 0 Å². The van der Waals surface area contributed by atoms with Crippen molar-refractivity contribution in [1.29, 1.82) is 0 Å². The van der Waals surface area contributed by atoms with Crippen LogP contribution in [0, 0.1) is 0 Å². The van der Waals surface area contributed by atoms with Gasteiger partial charge in [0.05, 0.1) is 0 Å². The molecule has 272 valence electrons. The Balaban J connectivity index is -0.000000157. The second-order valence-corrected chi connectivity index (χ2v) is 22.5. The average Bonchev–Trinajstić information content (AvgIpc) is 2.99. The fraction of sp³-hybridized carbons (Fsp3) is 1.00. The number of hydrogen-bond donors (Lipinski definition) is 0.